The molecule has 25 heavy (non-hydrogen) atoms. The Morgan fingerprint density at radius 3 is 2.60 bits per heavy atom. The first-order chi connectivity index (χ1) is 11.7. The SMILES string of the molecule is Cc1cc(N2CCc3ncsc3C2)cc(C)c1NC(=O)CC(C)(C)C. The number of nitrogens with one attached hydrogen (secondary N) is 1. The number of hydrogen-bond donors (Lipinski definition) is 1. The smallest absolute Gasteiger partial charge is 0.224 e. The highest BCUT2D eigenvalue weighted by Gasteiger charge is 2.21. The van der Waals surface area contributed by atoms with Crippen molar-refractivity contribution in [3.8, 4) is 0 Å². The predicted molar refractivity (Wildman–Crippen MR) is 105 cm³/mol. The van der Waals surface area contributed by atoms with Crippen molar-refractivity contribution in [3.05, 3.63) is 39.3 Å². The third kappa shape index (κ3) is 4.21. The minimum Gasteiger partial charge on any atom is -0.366 e. The lowest BCUT2D eigenvalue weighted by Crippen LogP contribution is -2.30. The molecule has 2 heterocycles. The van der Waals surface area contributed by atoms with E-state index in [2.05, 4.69) is 62.0 Å². The molecule has 0 fully saturated rings. The summed E-state index contributed by atoms with van der Waals surface area (Å²) in [6, 6.07) is 4.37. The van der Waals surface area contributed by atoms with Gasteiger partial charge in [-0.05, 0) is 42.5 Å². The van der Waals surface area contributed by atoms with Crippen LogP contribution in [0.2, 0.25) is 0 Å². The number of amides is 1. The fourth-order valence-electron chi connectivity index (χ4n) is 3.33. The van der Waals surface area contributed by atoms with E-state index >= 15 is 0 Å². The molecule has 2 aromatic rings. The highest BCUT2D eigenvalue weighted by atomic mass is 32.1. The quantitative estimate of drug-likeness (QED) is 0.866. The summed E-state index contributed by atoms with van der Waals surface area (Å²) >= 11 is 1.74. The number of hydrogen-bond acceptors (Lipinski definition) is 4. The van der Waals surface area contributed by atoms with Gasteiger partial charge in [-0.3, -0.25) is 4.79 Å². The number of nitrogens with zero attached hydrogens (tertiary/aromatic N) is 2. The van der Waals surface area contributed by atoms with Crippen LogP contribution in [0, 0.1) is 19.3 Å². The van der Waals surface area contributed by atoms with E-state index < -0.39 is 0 Å². The van der Waals surface area contributed by atoms with E-state index in [1.165, 1.54) is 16.3 Å². The second kappa shape index (κ2) is 6.79. The van der Waals surface area contributed by atoms with Crippen molar-refractivity contribution in [2.75, 3.05) is 16.8 Å². The van der Waals surface area contributed by atoms with E-state index in [4.69, 9.17) is 0 Å². The molecule has 5 heteroatoms. The highest BCUT2D eigenvalue weighted by molar-refractivity contribution is 7.09. The standard InChI is InChI=1S/C20H27N3OS/c1-13-8-15(23-7-6-16-17(11-23)25-12-21-16)9-14(2)19(13)22-18(24)10-20(3,4)5/h8-9,12H,6-7,10-11H2,1-5H3,(H,22,24). The van der Waals surface area contributed by atoms with Crippen LogP contribution in [-0.2, 0) is 17.8 Å². The van der Waals surface area contributed by atoms with Crippen LogP contribution < -0.4 is 10.2 Å². The van der Waals surface area contributed by atoms with E-state index in [0.29, 0.717) is 6.42 Å². The van der Waals surface area contributed by atoms with Crippen LogP contribution in [0.5, 0.6) is 0 Å². The molecule has 0 bridgehead atoms. The van der Waals surface area contributed by atoms with E-state index in [1.807, 2.05) is 5.51 Å². The van der Waals surface area contributed by atoms with Gasteiger partial charge in [-0.1, -0.05) is 20.8 Å². The van der Waals surface area contributed by atoms with E-state index in [9.17, 15) is 4.79 Å². The molecule has 0 saturated carbocycles. The molecule has 0 aliphatic carbocycles. The zero-order valence-electron chi connectivity index (χ0n) is 15.8. The van der Waals surface area contributed by atoms with Crippen LogP contribution in [0.1, 0.15) is 48.9 Å². The second-order valence-corrected chi connectivity index (χ2v) is 9.07. The molecule has 134 valence electrons. The number of aryl methyl sites for hydroxylation is 2. The molecule has 0 radical (unpaired) electrons. The van der Waals surface area contributed by atoms with Gasteiger partial charge in [0.25, 0.3) is 0 Å². The number of fused-ring (bicyclic) bond motifs is 1. The zero-order valence-corrected chi connectivity index (χ0v) is 16.6. The molecule has 4 nitrogen and oxygen atoms in total. The summed E-state index contributed by atoms with van der Waals surface area (Å²) in [6.07, 6.45) is 1.52. The van der Waals surface area contributed by atoms with E-state index in [1.54, 1.807) is 11.3 Å². The van der Waals surface area contributed by atoms with Gasteiger partial charge in [0, 0.05) is 35.6 Å². The molecule has 3 rings (SSSR count). The zero-order chi connectivity index (χ0) is 18.2. The van der Waals surface area contributed by atoms with Gasteiger partial charge < -0.3 is 10.2 Å². The summed E-state index contributed by atoms with van der Waals surface area (Å²) < 4.78 is 0. The maximum Gasteiger partial charge on any atom is 0.224 e. The summed E-state index contributed by atoms with van der Waals surface area (Å²) in [4.78, 5) is 20.5. The van der Waals surface area contributed by atoms with Gasteiger partial charge in [-0.15, -0.1) is 11.3 Å². The summed E-state index contributed by atoms with van der Waals surface area (Å²) in [5.41, 5.74) is 7.60. The maximum atomic E-state index is 12.3. The molecule has 1 N–H and O–H groups in total. The van der Waals surface area contributed by atoms with Gasteiger partial charge in [0.2, 0.25) is 5.91 Å². The molecule has 0 atom stereocenters. The third-order valence-corrected chi connectivity index (χ3v) is 5.38. The van der Waals surface area contributed by atoms with Crippen molar-refractivity contribution >= 4 is 28.6 Å². The minimum absolute atomic E-state index is 0.00785. The van der Waals surface area contributed by atoms with Gasteiger partial charge in [0.05, 0.1) is 17.7 Å². The van der Waals surface area contributed by atoms with Crippen LogP contribution in [0.3, 0.4) is 0 Å². The first-order valence-corrected chi connectivity index (χ1v) is 9.68. The summed E-state index contributed by atoms with van der Waals surface area (Å²) in [5.74, 6) is 0.0822. The molecule has 1 aliphatic heterocycles. The number of benzene rings is 1. The molecule has 1 aromatic heterocycles. The third-order valence-electron chi connectivity index (χ3n) is 4.52. The number of rotatable bonds is 3. The lowest BCUT2D eigenvalue weighted by Gasteiger charge is -2.29. The summed E-state index contributed by atoms with van der Waals surface area (Å²) in [5, 5.41) is 3.11. The Kier molecular flexibility index (Phi) is 4.87. The number of thiazole rings is 1. The van der Waals surface area contributed by atoms with Crippen molar-refractivity contribution in [1.29, 1.82) is 0 Å². The number of carbonyl (C=O) groups is 1. The maximum absolute atomic E-state index is 12.3. The molecule has 0 unspecified atom stereocenters. The Morgan fingerprint density at radius 2 is 1.96 bits per heavy atom. The Hall–Kier alpha value is -1.88. The van der Waals surface area contributed by atoms with Crippen LogP contribution in [0.25, 0.3) is 0 Å². The minimum atomic E-state index is -0.00785. The normalized spacial score (nSPS) is 14.4. The highest BCUT2D eigenvalue weighted by Crippen LogP contribution is 2.31. The first-order valence-electron chi connectivity index (χ1n) is 8.80. The van der Waals surface area contributed by atoms with Crippen molar-refractivity contribution in [2.24, 2.45) is 5.41 Å². The fraction of sp³-hybridized carbons (Fsp3) is 0.500. The lowest BCUT2D eigenvalue weighted by molar-refractivity contribution is -0.117. The molecule has 0 spiro atoms. The predicted octanol–water partition coefficient (Wildman–Crippen LogP) is 4.70. The van der Waals surface area contributed by atoms with Crippen molar-refractivity contribution < 1.29 is 4.79 Å². The van der Waals surface area contributed by atoms with E-state index in [-0.39, 0.29) is 11.3 Å². The van der Waals surface area contributed by atoms with Crippen molar-refractivity contribution in [3.63, 3.8) is 0 Å². The second-order valence-electron chi connectivity index (χ2n) is 8.13. The monoisotopic (exact) mass is 357 g/mol. The summed E-state index contributed by atoms with van der Waals surface area (Å²) in [7, 11) is 0. The van der Waals surface area contributed by atoms with Crippen molar-refractivity contribution in [2.45, 2.75) is 54.0 Å². The average molecular weight is 358 g/mol. The average Bonchev–Trinajstić information content (AvgIpc) is 2.96. The number of carbonyl (C=O) groups excluding carboxylic acids is 1. The van der Waals surface area contributed by atoms with Crippen LogP contribution in [0.4, 0.5) is 11.4 Å². The van der Waals surface area contributed by atoms with Crippen LogP contribution in [0.15, 0.2) is 17.6 Å². The van der Waals surface area contributed by atoms with Crippen molar-refractivity contribution in [1.82, 2.24) is 4.98 Å². The fourth-order valence-corrected chi connectivity index (χ4v) is 4.15. The Bertz CT molecular complexity index is 765. The molecular formula is C20H27N3OS. The van der Waals surface area contributed by atoms with Gasteiger partial charge in [0.15, 0.2) is 0 Å². The van der Waals surface area contributed by atoms with E-state index in [0.717, 1.165) is 36.3 Å². The van der Waals surface area contributed by atoms with Crippen LogP contribution in [-0.4, -0.2) is 17.4 Å². The van der Waals surface area contributed by atoms with Gasteiger partial charge >= 0.3 is 0 Å². The molecule has 0 saturated heterocycles. The first kappa shape index (κ1) is 17.9. The Morgan fingerprint density at radius 1 is 1.28 bits per heavy atom. The molecular weight excluding hydrogens is 330 g/mol. The Labute approximate surface area is 154 Å². The number of aromatic nitrogens is 1. The Balaban J connectivity index is 1.78. The van der Waals surface area contributed by atoms with Gasteiger partial charge in [0.1, 0.15) is 0 Å². The number of anilines is 2. The lowest BCUT2D eigenvalue weighted by atomic mass is 9.92. The van der Waals surface area contributed by atoms with Gasteiger partial charge in [-0.2, -0.15) is 0 Å². The summed E-state index contributed by atoms with van der Waals surface area (Å²) in [6.45, 7) is 12.3. The largest absolute Gasteiger partial charge is 0.366 e. The molecule has 1 aliphatic rings. The molecule has 1 aromatic carbocycles. The van der Waals surface area contributed by atoms with Gasteiger partial charge in [-0.25, -0.2) is 4.98 Å². The topological polar surface area (TPSA) is 45.2 Å². The molecule has 1 amide bonds. The van der Waals surface area contributed by atoms with Crippen LogP contribution >= 0.6 is 11.3 Å².